The van der Waals surface area contributed by atoms with Gasteiger partial charge >= 0.3 is 0 Å². The van der Waals surface area contributed by atoms with Crippen molar-refractivity contribution >= 4 is 11.3 Å². The first-order valence-corrected chi connectivity index (χ1v) is 6.69. The normalized spacial score (nSPS) is 30.9. The van der Waals surface area contributed by atoms with Gasteiger partial charge in [-0.15, -0.1) is 11.3 Å². The Morgan fingerprint density at radius 1 is 1.69 bits per heavy atom. The summed E-state index contributed by atoms with van der Waals surface area (Å²) in [4.78, 5) is 4.24. The Labute approximate surface area is 100 Å². The van der Waals surface area contributed by atoms with Gasteiger partial charge in [-0.25, -0.2) is 4.98 Å². The van der Waals surface area contributed by atoms with E-state index in [9.17, 15) is 5.11 Å². The largest absolute Gasteiger partial charge is 0.389 e. The van der Waals surface area contributed by atoms with Crippen molar-refractivity contribution in [3.8, 4) is 0 Å². The lowest BCUT2D eigenvalue weighted by atomic mass is 9.84. The third-order valence-electron chi connectivity index (χ3n) is 3.19. The van der Waals surface area contributed by atoms with Gasteiger partial charge in [-0.05, 0) is 5.92 Å². The van der Waals surface area contributed by atoms with Crippen LogP contribution in [0.5, 0.6) is 0 Å². The number of thiazole rings is 1. The minimum Gasteiger partial charge on any atom is -0.389 e. The second-order valence-corrected chi connectivity index (χ2v) is 5.91. The van der Waals surface area contributed by atoms with Gasteiger partial charge in [0.1, 0.15) is 0 Å². The maximum absolute atomic E-state index is 10.5. The summed E-state index contributed by atoms with van der Waals surface area (Å²) in [6.07, 6.45) is 4.08. The molecule has 0 bridgehead atoms. The van der Waals surface area contributed by atoms with Crippen molar-refractivity contribution in [3.05, 3.63) is 16.6 Å². The van der Waals surface area contributed by atoms with Crippen molar-refractivity contribution < 1.29 is 9.84 Å². The molecule has 4 heteroatoms. The van der Waals surface area contributed by atoms with E-state index in [1.807, 2.05) is 5.38 Å². The molecule has 1 aromatic heterocycles. The molecule has 0 amide bonds. The molecule has 3 nitrogen and oxygen atoms in total. The second kappa shape index (κ2) is 4.82. The van der Waals surface area contributed by atoms with Crippen LogP contribution in [0.2, 0.25) is 0 Å². The molecule has 0 aliphatic carbocycles. The lowest BCUT2D eigenvalue weighted by Crippen LogP contribution is -2.44. The van der Waals surface area contributed by atoms with Crippen LogP contribution in [0.3, 0.4) is 0 Å². The van der Waals surface area contributed by atoms with E-state index in [0.717, 1.165) is 17.8 Å². The summed E-state index contributed by atoms with van der Waals surface area (Å²) in [6.45, 7) is 4.93. The average molecular weight is 241 g/mol. The fraction of sp³-hybridized carbons (Fsp3) is 0.750. The third-order valence-corrected chi connectivity index (χ3v) is 3.97. The number of aromatic nitrogens is 1. The quantitative estimate of drug-likeness (QED) is 0.882. The molecule has 1 N–H and O–H groups in total. The van der Waals surface area contributed by atoms with Crippen LogP contribution in [-0.4, -0.2) is 28.4 Å². The average Bonchev–Trinajstić information content (AvgIpc) is 2.69. The van der Waals surface area contributed by atoms with Gasteiger partial charge in [0.15, 0.2) is 0 Å². The maximum Gasteiger partial charge on any atom is 0.0953 e. The van der Waals surface area contributed by atoms with E-state index in [2.05, 4.69) is 18.8 Å². The predicted octanol–water partition coefficient (Wildman–Crippen LogP) is 2.25. The zero-order chi connectivity index (χ0) is 11.6. The van der Waals surface area contributed by atoms with Gasteiger partial charge < -0.3 is 9.84 Å². The molecular weight excluding hydrogens is 222 g/mol. The third kappa shape index (κ3) is 2.81. The van der Waals surface area contributed by atoms with Crippen LogP contribution in [-0.2, 0) is 11.2 Å². The zero-order valence-corrected chi connectivity index (χ0v) is 10.7. The van der Waals surface area contributed by atoms with E-state index in [1.165, 1.54) is 0 Å². The van der Waals surface area contributed by atoms with Crippen molar-refractivity contribution in [1.29, 1.82) is 0 Å². The minimum atomic E-state index is -0.620. The Morgan fingerprint density at radius 2 is 2.50 bits per heavy atom. The molecule has 2 unspecified atom stereocenters. The van der Waals surface area contributed by atoms with E-state index in [1.54, 1.807) is 17.5 Å². The molecule has 1 aromatic rings. The summed E-state index contributed by atoms with van der Waals surface area (Å²) in [5.41, 5.74) is -0.620. The number of hydrogen-bond acceptors (Lipinski definition) is 4. The molecule has 0 saturated carbocycles. The van der Waals surface area contributed by atoms with Crippen molar-refractivity contribution in [2.24, 2.45) is 5.92 Å². The highest BCUT2D eigenvalue weighted by molar-refractivity contribution is 7.09. The summed E-state index contributed by atoms with van der Waals surface area (Å²) in [5.74, 6) is 0.461. The topological polar surface area (TPSA) is 42.4 Å². The summed E-state index contributed by atoms with van der Waals surface area (Å²) in [7, 11) is 0. The van der Waals surface area contributed by atoms with Gasteiger partial charge in [0.05, 0.1) is 16.7 Å². The van der Waals surface area contributed by atoms with E-state index in [4.69, 9.17) is 4.74 Å². The van der Waals surface area contributed by atoms with Crippen molar-refractivity contribution in [2.75, 3.05) is 6.61 Å². The fourth-order valence-electron chi connectivity index (χ4n) is 2.15. The zero-order valence-electron chi connectivity index (χ0n) is 9.85. The Balaban J connectivity index is 2.01. The Hall–Kier alpha value is -0.450. The number of ether oxygens (including phenoxy) is 1. The molecule has 16 heavy (non-hydrogen) atoms. The van der Waals surface area contributed by atoms with Crippen LogP contribution >= 0.6 is 11.3 Å². The maximum atomic E-state index is 10.5. The molecule has 1 aliphatic heterocycles. The first-order valence-electron chi connectivity index (χ1n) is 5.81. The molecule has 1 saturated heterocycles. The monoisotopic (exact) mass is 241 g/mol. The number of nitrogens with zero attached hydrogens (tertiary/aromatic N) is 1. The fourth-order valence-corrected chi connectivity index (χ4v) is 2.90. The van der Waals surface area contributed by atoms with Gasteiger partial charge in [0.2, 0.25) is 0 Å². The highest BCUT2D eigenvalue weighted by Crippen LogP contribution is 2.31. The Morgan fingerprint density at radius 3 is 3.12 bits per heavy atom. The van der Waals surface area contributed by atoms with E-state index >= 15 is 0 Å². The highest BCUT2D eigenvalue weighted by Gasteiger charge is 2.36. The highest BCUT2D eigenvalue weighted by atomic mass is 32.1. The van der Waals surface area contributed by atoms with Crippen molar-refractivity contribution in [1.82, 2.24) is 4.98 Å². The summed E-state index contributed by atoms with van der Waals surface area (Å²) in [6, 6.07) is 0. The molecular formula is C12H19NO2S. The number of rotatable bonds is 3. The first-order chi connectivity index (χ1) is 7.59. The molecule has 0 spiro atoms. The molecule has 0 aromatic carbocycles. The van der Waals surface area contributed by atoms with E-state index < -0.39 is 5.60 Å². The van der Waals surface area contributed by atoms with Gasteiger partial charge in [-0.3, -0.25) is 0 Å². The Bertz CT molecular complexity index is 326. The molecule has 2 atom stereocenters. The molecule has 2 heterocycles. The summed E-state index contributed by atoms with van der Waals surface area (Å²) >= 11 is 1.61. The van der Waals surface area contributed by atoms with Crippen LogP contribution in [0, 0.1) is 5.92 Å². The molecule has 0 radical (unpaired) electrons. The molecule has 1 aliphatic rings. The molecule has 1 fully saturated rings. The van der Waals surface area contributed by atoms with Crippen LogP contribution < -0.4 is 0 Å². The van der Waals surface area contributed by atoms with Gasteiger partial charge in [-0.2, -0.15) is 0 Å². The Kier molecular flexibility index (Phi) is 3.62. The number of hydrogen-bond donors (Lipinski definition) is 1. The van der Waals surface area contributed by atoms with Crippen LogP contribution in [0.4, 0.5) is 0 Å². The number of aliphatic hydroxyl groups is 1. The van der Waals surface area contributed by atoms with Crippen LogP contribution in [0.1, 0.15) is 31.7 Å². The standard InChI is InChI=1S/C12H19NO2S/c1-9(2)10-7-12(14,3-5-15-10)8-11-13-4-6-16-11/h4,6,9-10,14H,3,5,7-8H2,1-2H3. The van der Waals surface area contributed by atoms with Gasteiger partial charge in [0.25, 0.3) is 0 Å². The van der Waals surface area contributed by atoms with Gasteiger partial charge in [-0.1, -0.05) is 13.8 Å². The summed E-state index contributed by atoms with van der Waals surface area (Å²) < 4.78 is 5.68. The van der Waals surface area contributed by atoms with Crippen LogP contribution in [0.25, 0.3) is 0 Å². The van der Waals surface area contributed by atoms with Crippen molar-refractivity contribution in [2.45, 2.75) is 44.8 Å². The summed E-state index contributed by atoms with van der Waals surface area (Å²) in [5, 5.41) is 13.5. The lowest BCUT2D eigenvalue weighted by molar-refractivity contribution is -0.116. The minimum absolute atomic E-state index is 0.179. The van der Waals surface area contributed by atoms with E-state index in [0.29, 0.717) is 18.9 Å². The van der Waals surface area contributed by atoms with Crippen molar-refractivity contribution in [3.63, 3.8) is 0 Å². The second-order valence-electron chi connectivity index (χ2n) is 4.93. The van der Waals surface area contributed by atoms with Crippen LogP contribution in [0.15, 0.2) is 11.6 Å². The molecule has 2 rings (SSSR count). The lowest BCUT2D eigenvalue weighted by Gasteiger charge is -2.38. The SMILES string of the molecule is CC(C)C1CC(O)(Cc2nccs2)CCO1. The first kappa shape index (κ1) is 12.0. The molecule has 90 valence electrons. The van der Waals surface area contributed by atoms with E-state index in [-0.39, 0.29) is 6.10 Å². The van der Waals surface area contributed by atoms with Gasteiger partial charge in [0, 0.05) is 37.4 Å². The smallest absolute Gasteiger partial charge is 0.0953 e. The predicted molar refractivity (Wildman–Crippen MR) is 64.6 cm³/mol.